The fraction of sp³-hybridized carbons (Fsp3) is 0.571. The minimum absolute atomic E-state index is 0.762. The molecule has 0 amide bonds. The molecular weight excluding hydrogens is 312 g/mol. The van der Waals surface area contributed by atoms with Gasteiger partial charge < -0.3 is 4.90 Å². The molecule has 0 aliphatic carbocycles. The van der Waals surface area contributed by atoms with E-state index in [2.05, 4.69) is 37.9 Å². The zero-order valence-electron chi connectivity index (χ0n) is 10.4. The van der Waals surface area contributed by atoms with Crippen molar-refractivity contribution in [3.05, 3.63) is 28.8 Å². The van der Waals surface area contributed by atoms with Crippen LogP contribution < -0.4 is 4.90 Å². The summed E-state index contributed by atoms with van der Waals surface area (Å²) in [5.74, 6) is 0. The maximum absolute atomic E-state index is 6.08. The highest BCUT2D eigenvalue weighted by Crippen LogP contribution is 2.30. The van der Waals surface area contributed by atoms with Gasteiger partial charge in [-0.05, 0) is 43.1 Å². The van der Waals surface area contributed by atoms with Crippen LogP contribution >= 0.6 is 27.5 Å². The number of alkyl halides is 1. The Hall–Kier alpha value is -0.250. The van der Waals surface area contributed by atoms with Gasteiger partial charge in [-0.1, -0.05) is 27.5 Å². The van der Waals surface area contributed by atoms with Crippen molar-refractivity contribution in [1.82, 2.24) is 4.90 Å². The summed E-state index contributed by atoms with van der Waals surface area (Å²) < 4.78 is 0. The first-order valence-corrected chi connectivity index (χ1v) is 8.11. The molecule has 4 heteroatoms. The quantitative estimate of drug-likeness (QED) is 0.766. The predicted molar refractivity (Wildman–Crippen MR) is 80.9 cm³/mol. The lowest BCUT2D eigenvalue weighted by Crippen LogP contribution is -2.50. The molecule has 2 fully saturated rings. The predicted octanol–water partition coefficient (Wildman–Crippen LogP) is 3.52. The van der Waals surface area contributed by atoms with E-state index in [9.17, 15) is 0 Å². The summed E-state index contributed by atoms with van der Waals surface area (Å²) >= 11 is 9.65. The number of hydrogen-bond acceptors (Lipinski definition) is 2. The maximum atomic E-state index is 6.08. The summed E-state index contributed by atoms with van der Waals surface area (Å²) in [4.78, 5) is 5.17. The second-order valence-electron chi connectivity index (χ2n) is 5.18. The highest BCUT2D eigenvalue weighted by Gasteiger charge is 2.31. The molecule has 0 N–H and O–H groups in total. The number of benzene rings is 1. The second kappa shape index (κ2) is 5.40. The number of fused-ring (bicyclic) bond motifs is 1. The van der Waals surface area contributed by atoms with Gasteiger partial charge in [0.1, 0.15) is 0 Å². The van der Waals surface area contributed by atoms with E-state index in [-0.39, 0.29) is 0 Å². The molecule has 2 aliphatic rings. The van der Waals surface area contributed by atoms with E-state index in [0.29, 0.717) is 0 Å². The van der Waals surface area contributed by atoms with Crippen molar-refractivity contribution in [2.75, 3.05) is 31.1 Å². The van der Waals surface area contributed by atoms with Crippen molar-refractivity contribution in [3.8, 4) is 0 Å². The normalized spacial score (nSPS) is 24.3. The van der Waals surface area contributed by atoms with Crippen molar-refractivity contribution in [2.45, 2.75) is 24.2 Å². The van der Waals surface area contributed by atoms with Crippen LogP contribution in [0.4, 0.5) is 5.69 Å². The molecule has 0 aromatic heterocycles. The van der Waals surface area contributed by atoms with Crippen LogP contribution in [0.15, 0.2) is 18.2 Å². The maximum Gasteiger partial charge on any atom is 0.0410 e. The fourth-order valence-electron chi connectivity index (χ4n) is 3.18. The molecule has 98 valence electrons. The molecule has 2 heterocycles. The topological polar surface area (TPSA) is 6.48 Å². The van der Waals surface area contributed by atoms with Crippen LogP contribution in [-0.4, -0.2) is 37.1 Å². The summed E-state index contributed by atoms with van der Waals surface area (Å²) in [6.07, 6.45) is 2.72. The van der Waals surface area contributed by atoms with Gasteiger partial charge in [-0.15, -0.1) is 0 Å². The molecule has 1 unspecified atom stereocenters. The van der Waals surface area contributed by atoms with Gasteiger partial charge in [0.15, 0.2) is 0 Å². The van der Waals surface area contributed by atoms with Crippen LogP contribution in [0.5, 0.6) is 0 Å². The van der Waals surface area contributed by atoms with Crippen molar-refractivity contribution in [1.29, 1.82) is 0 Å². The van der Waals surface area contributed by atoms with Crippen LogP contribution in [0.3, 0.4) is 0 Å². The summed E-state index contributed by atoms with van der Waals surface area (Å²) in [7, 11) is 0. The Bertz CT molecular complexity index is 438. The Morgan fingerprint density at radius 2 is 2.17 bits per heavy atom. The molecule has 2 saturated heterocycles. The summed E-state index contributed by atoms with van der Waals surface area (Å²) in [5.41, 5.74) is 2.65. The molecule has 0 radical (unpaired) electrons. The number of anilines is 1. The third-order valence-corrected chi connectivity index (χ3v) is 4.95. The van der Waals surface area contributed by atoms with Crippen molar-refractivity contribution in [3.63, 3.8) is 0 Å². The van der Waals surface area contributed by atoms with Crippen LogP contribution in [0.2, 0.25) is 5.02 Å². The lowest BCUT2D eigenvalue weighted by atomic mass is 10.1. The number of nitrogens with zero attached hydrogens (tertiary/aromatic N) is 2. The van der Waals surface area contributed by atoms with E-state index in [4.69, 9.17) is 11.6 Å². The van der Waals surface area contributed by atoms with Crippen LogP contribution in [-0.2, 0) is 5.33 Å². The first-order chi connectivity index (χ1) is 8.78. The van der Waals surface area contributed by atoms with Crippen LogP contribution in [0.1, 0.15) is 18.4 Å². The van der Waals surface area contributed by atoms with E-state index >= 15 is 0 Å². The molecule has 0 bridgehead atoms. The van der Waals surface area contributed by atoms with Crippen molar-refractivity contribution < 1.29 is 0 Å². The number of rotatable bonds is 2. The Morgan fingerprint density at radius 1 is 1.28 bits per heavy atom. The largest absolute Gasteiger partial charge is 0.368 e. The molecule has 18 heavy (non-hydrogen) atoms. The highest BCUT2D eigenvalue weighted by atomic mass is 79.9. The smallest absolute Gasteiger partial charge is 0.0410 e. The fourth-order valence-corrected chi connectivity index (χ4v) is 3.82. The van der Waals surface area contributed by atoms with Gasteiger partial charge in [-0.2, -0.15) is 0 Å². The standard InChI is InChI=1S/C14H18BrClN2/c15-9-11-8-12(16)3-4-14(11)18-7-6-17-5-1-2-13(17)10-18/h3-4,8,13H,1-2,5-7,9-10H2. The zero-order valence-corrected chi connectivity index (χ0v) is 12.8. The molecule has 2 aliphatic heterocycles. The highest BCUT2D eigenvalue weighted by molar-refractivity contribution is 9.08. The number of hydrogen-bond donors (Lipinski definition) is 0. The SMILES string of the molecule is Clc1ccc(N2CCN3CCCC3C2)c(CBr)c1. The van der Waals surface area contributed by atoms with E-state index < -0.39 is 0 Å². The molecule has 1 atom stereocenters. The van der Waals surface area contributed by atoms with Crippen molar-refractivity contribution in [2.24, 2.45) is 0 Å². The average molecular weight is 330 g/mol. The van der Waals surface area contributed by atoms with Crippen LogP contribution in [0, 0.1) is 0 Å². The van der Waals surface area contributed by atoms with E-state index in [0.717, 1.165) is 22.9 Å². The molecule has 2 nitrogen and oxygen atoms in total. The Kier molecular flexibility index (Phi) is 3.83. The van der Waals surface area contributed by atoms with Gasteiger partial charge in [-0.25, -0.2) is 0 Å². The average Bonchev–Trinajstić information content (AvgIpc) is 2.85. The van der Waals surface area contributed by atoms with Gasteiger partial charge in [0, 0.05) is 41.7 Å². The molecular formula is C14H18BrClN2. The van der Waals surface area contributed by atoms with E-state index in [1.54, 1.807) is 0 Å². The third kappa shape index (κ3) is 2.40. The number of piperazine rings is 1. The van der Waals surface area contributed by atoms with Gasteiger partial charge in [0.2, 0.25) is 0 Å². The lowest BCUT2D eigenvalue weighted by molar-refractivity contribution is 0.231. The lowest BCUT2D eigenvalue weighted by Gasteiger charge is -2.39. The molecule has 1 aromatic carbocycles. The van der Waals surface area contributed by atoms with Crippen molar-refractivity contribution >= 4 is 33.2 Å². The third-order valence-electron chi connectivity index (χ3n) is 4.11. The molecule has 3 rings (SSSR count). The van der Waals surface area contributed by atoms with Gasteiger partial charge in [0.05, 0.1) is 0 Å². The molecule has 1 aromatic rings. The second-order valence-corrected chi connectivity index (χ2v) is 6.18. The first kappa shape index (κ1) is 12.8. The minimum Gasteiger partial charge on any atom is -0.368 e. The zero-order chi connectivity index (χ0) is 12.5. The Balaban J connectivity index is 1.82. The molecule has 0 saturated carbocycles. The van der Waals surface area contributed by atoms with E-state index in [1.165, 1.54) is 43.7 Å². The first-order valence-electron chi connectivity index (χ1n) is 6.61. The minimum atomic E-state index is 0.762. The summed E-state index contributed by atoms with van der Waals surface area (Å²) in [6.45, 7) is 4.80. The Morgan fingerprint density at radius 3 is 3.00 bits per heavy atom. The van der Waals surface area contributed by atoms with Gasteiger partial charge in [-0.3, -0.25) is 4.90 Å². The van der Waals surface area contributed by atoms with Gasteiger partial charge in [0.25, 0.3) is 0 Å². The summed E-state index contributed by atoms with van der Waals surface area (Å²) in [6, 6.07) is 7.01. The molecule has 0 spiro atoms. The van der Waals surface area contributed by atoms with Gasteiger partial charge >= 0.3 is 0 Å². The van der Waals surface area contributed by atoms with E-state index in [1.807, 2.05) is 6.07 Å². The monoisotopic (exact) mass is 328 g/mol. The van der Waals surface area contributed by atoms with Crippen LogP contribution in [0.25, 0.3) is 0 Å². The Labute approximate surface area is 122 Å². The number of halogens is 2. The summed E-state index contributed by atoms with van der Waals surface area (Å²) in [5, 5.41) is 1.70.